The van der Waals surface area contributed by atoms with Crippen LogP contribution in [0.3, 0.4) is 0 Å². The summed E-state index contributed by atoms with van der Waals surface area (Å²) in [7, 11) is 0. The lowest BCUT2D eigenvalue weighted by atomic mass is 9.86. The molecule has 4 heteroatoms. The lowest BCUT2D eigenvalue weighted by Crippen LogP contribution is -2.50. The van der Waals surface area contributed by atoms with Crippen molar-refractivity contribution < 1.29 is 9.18 Å². The Balaban J connectivity index is 1.76. The number of hydrogen-bond donors (Lipinski definition) is 2. The van der Waals surface area contributed by atoms with Gasteiger partial charge in [-0.25, -0.2) is 4.39 Å². The van der Waals surface area contributed by atoms with Gasteiger partial charge in [0.05, 0.1) is 0 Å². The van der Waals surface area contributed by atoms with Crippen LogP contribution in [0.25, 0.3) is 0 Å². The van der Waals surface area contributed by atoms with Crippen molar-refractivity contribution in [1.29, 1.82) is 0 Å². The molecule has 1 aliphatic heterocycles. The molecule has 1 aromatic carbocycles. The lowest BCUT2D eigenvalue weighted by molar-refractivity contribution is 0.0883. The summed E-state index contributed by atoms with van der Waals surface area (Å²) in [6.07, 6.45) is 2.16. The van der Waals surface area contributed by atoms with Crippen molar-refractivity contribution in [2.45, 2.75) is 25.3 Å². The Morgan fingerprint density at radius 3 is 3.11 bits per heavy atom. The first-order valence-electron chi connectivity index (χ1n) is 6.87. The van der Waals surface area contributed by atoms with E-state index in [0.29, 0.717) is 17.4 Å². The van der Waals surface area contributed by atoms with Crippen LogP contribution < -0.4 is 10.6 Å². The molecule has 0 bridgehead atoms. The summed E-state index contributed by atoms with van der Waals surface area (Å²) in [6.45, 7) is 4.13. The SMILES string of the molecule is CC1(NC(=O)c2cccc(F)c2)CCC2CNC[C@@H]21. The molecule has 1 saturated carbocycles. The number of nitrogens with one attached hydrogen (secondary N) is 2. The highest BCUT2D eigenvalue weighted by Crippen LogP contribution is 2.42. The molecule has 3 atom stereocenters. The number of fused-ring (bicyclic) bond motifs is 1. The first-order chi connectivity index (χ1) is 9.08. The molecule has 1 amide bonds. The molecule has 1 saturated heterocycles. The number of rotatable bonds is 2. The number of carbonyl (C=O) groups excluding carboxylic acids is 1. The molecule has 3 rings (SSSR count). The second-order valence-corrected chi connectivity index (χ2v) is 5.95. The van der Waals surface area contributed by atoms with E-state index in [2.05, 4.69) is 17.6 Å². The lowest BCUT2D eigenvalue weighted by Gasteiger charge is -2.32. The number of benzene rings is 1. The average molecular weight is 262 g/mol. The smallest absolute Gasteiger partial charge is 0.251 e. The van der Waals surface area contributed by atoms with Gasteiger partial charge < -0.3 is 10.6 Å². The molecule has 2 unspecified atom stereocenters. The third-order valence-electron chi connectivity index (χ3n) is 4.68. The van der Waals surface area contributed by atoms with Crippen LogP contribution in [-0.2, 0) is 0 Å². The predicted molar refractivity (Wildman–Crippen MR) is 71.4 cm³/mol. The minimum Gasteiger partial charge on any atom is -0.347 e. The summed E-state index contributed by atoms with van der Waals surface area (Å²) in [5, 5.41) is 6.51. The summed E-state index contributed by atoms with van der Waals surface area (Å²) in [4.78, 5) is 12.2. The van der Waals surface area contributed by atoms with Gasteiger partial charge in [0.25, 0.3) is 5.91 Å². The number of halogens is 1. The Morgan fingerprint density at radius 1 is 1.47 bits per heavy atom. The van der Waals surface area contributed by atoms with Crippen molar-refractivity contribution in [3.05, 3.63) is 35.6 Å². The van der Waals surface area contributed by atoms with Crippen molar-refractivity contribution in [2.24, 2.45) is 11.8 Å². The molecule has 2 fully saturated rings. The maximum atomic E-state index is 13.2. The second-order valence-electron chi connectivity index (χ2n) is 5.95. The van der Waals surface area contributed by atoms with Gasteiger partial charge >= 0.3 is 0 Å². The zero-order valence-corrected chi connectivity index (χ0v) is 11.1. The van der Waals surface area contributed by atoms with Gasteiger partial charge in [-0.3, -0.25) is 4.79 Å². The van der Waals surface area contributed by atoms with E-state index in [9.17, 15) is 9.18 Å². The molecule has 1 aliphatic carbocycles. The molecule has 2 aliphatic rings. The molecule has 2 N–H and O–H groups in total. The Labute approximate surface area is 112 Å². The van der Waals surface area contributed by atoms with E-state index in [-0.39, 0.29) is 17.3 Å². The van der Waals surface area contributed by atoms with E-state index in [1.165, 1.54) is 12.1 Å². The Morgan fingerprint density at radius 2 is 2.32 bits per heavy atom. The normalized spacial score (nSPS) is 33.2. The van der Waals surface area contributed by atoms with Crippen LogP contribution in [0.1, 0.15) is 30.1 Å². The quantitative estimate of drug-likeness (QED) is 0.855. The van der Waals surface area contributed by atoms with Gasteiger partial charge in [0.15, 0.2) is 0 Å². The van der Waals surface area contributed by atoms with Crippen LogP contribution in [-0.4, -0.2) is 24.5 Å². The highest BCUT2D eigenvalue weighted by Gasteiger charge is 2.48. The van der Waals surface area contributed by atoms with Crippen LogP contribution >= 0.6 is 0 Å². The maximum Gasteiger partial charge on any atom is 0.251 e. The molecule has 1 aromatic rings. The molecule has 102 valence electrons. The third kappa shape index (κ3) is 2.25. The van der Waals surface area contributed by atoms with Crippen molar-refractivity contribution in [1.82, 2.24) is 10.6 Å². The van der Waals surface area contributed by atoms with Crippen molar-refractivity contribution in [3.63, 3.8) is 0 Å². The monoisotopic (exact) mass is 262 g/mol. The highest BCUT2D eigenvalue weighted by atomic mass is 19.1. The van der Waals surface area contributed by atoms with Crippen molar-refractivity contribution >= 4 is 5.91 Å². The summed E-state index contributed by atoms with van der Waals surface area (Å²) in [6, 6.07) is 5.87. The Hall–Kier alpha value is -1.42. The zero-order valence-electron chi connectivity index (χ0n) is 11.1. The Kier molecular flexibility index (Phi) is 3.05. The van der Waals surface area contributed by atoms with E-state index in [4.69, 9.17) is 0 Å². The average Bonchev–Trinajstić information content (AvgIpc) is 2.95. The minimum absolute atomic E-state index is 0.169. The summed E-state index contributed by atoms with van der Waals surface area (Å²) in [5.41, 5.74) is 0.230. The fourth-order valence-corrected chi connectivity index (χ4v) is 3.57. The van der Waals surface area contributed by atoms with Crippen LogP contribution in [0.4, 0.5) is 4.39 Å². The van der Waals surface area contributed by atoms with Crippen molar-refractivity contribution in [3.8, 4) is 0 Å². The summed E-state index contributed by atoms with van der Waals surface area (Å²) >= 11 is 0. The first-order valence-corrected chi connectivity index (χ1v) is 6.87. The van der Waals surface area contributed by atoms with Crippen LogP contribution in [0.5, 0.6) is 0 Å². The van der Waals surface area contributed by atoms with Gasteiger partial charge in [0, 0.05) is 17.6 Å². The molecule has 19 heavy (non-hydrogen) atoms. The zero-order chi connectivity index (χ0) is 13.5. The molecule has 0 aromatic heterocycles. The molecule has 1 heterocycles. The van der Waals surface area contributed by atoms with E-state index >= 15 is 0 Å². The van der Waals surface area contributed by atoms with Crippen LogP contribution in [0.2, 0.25) is 0 Å². The molecule has 3 nitrogen and oxygen atoms in total. The molecular formula is C15H19FN2O. The topological polar surface area (TPSA) is 41.1 Å². The van der Waals surface area contributed by atoms with Gasteiger partial charge in [0.2, 0.25) is 0 Å². The second kappa shape index (κ2) is 4.60. The summed E-state index contributed by atoms with van der Waals surface area (Å²) in [5.74, 6) is 0.613. The van der Waals surface area contributed by atoms with Gasteiger partial charge in [-0.05, 0) is 56.3 Å². The van der Waals surface area contributed by atoms with E-state index in [1.807, 2.05) is 0 Å². The molecule has 0 spiro atoms. The Bertz CT molecular complexity index is 505. The molecule has 0 radical (unpaired) electrons. The fourth-order valence-electron chi connectivity index (χ4n) is 3.57. The first kappa shape index (κ1) is 12.6. The van der Waals surface area contributed by atoms with Gasteiger partial charge in [-0.1, -0.05) is 6.07 Å². The van der Waals surface area contributed by atoms with Crippen LogP contribution in [0, 0.1) is 17.7 Å². The van der Waals surface area contributed by atoms with E-state index in [1.54, 1.807) is 12.1 Å². The standard InChI is InChI=1S/C15H19FN2O/c1-15(6-5-11-8-17-9-13(11)15)18-14(19)10-3-2-4-12(16)7-10/h2-4,7,11,13,17H,5-6,8-9H2,1H3,(H,18,19)/t11?,13-,15?/m0/s1. The number of amides is 1. The van der Waals surface area contributed by atoms with E-state index < -0.39 is 0 Å². The third-order valence-corrected chi connectivity index (χ3v) is 4.68. The van der Waals surface area contributed by atoms with Crippen molar-refractivity contribution in [2.75, 3.05) is 13.1 Å². The fraction of sp³-hybridized carbons (Fsp3) is 0.533. The van der Waals surface area contributed by atoms with E-state index in [0.717, 1.165) is 25.9 Å². The van der Waals surface area contributed by atoms with Gasteiger partial charge in [-0.2, -0.15) is 0 Å². The maximum absolute atomic E-state index is 13.2. The highest BCUT2D eigenvalue weighted by molar-refractivity contribution is 5.94. The largest absolute Gasteiger partial charge is 0.347 e. The number of carbonyl (C=O) groups is 1. The number of hydrogen-bond acceptors (Lipinski definition) is 2. The van der Waals surface area contributed by atoms with Gasteiger partial charge in [0.1, 0.15) is 5.82 Å². The van der Waals surface area contributed by atoms with Crippen LogP contribution in [0.15, 0.2) is 24.3 Å². The minimum atomic E-state index is -0.371. The summed E-state index contributed by atoms with van der Waals surface area (Å²) < 4.78 is 13.2. The van der Waals surface area contributed by atoms with Gasteiger partial charge in [-0.15, -0.1) is 0 Å². The predicted octanol–water partition coefficient (Wildman–Crippen LogP) is 1.94. The molecular weight excluding hydrogens is 243 g/mol.